The van der Waals surface area contributed by atoms with Crippen molar-refractivity contribution in [1.29, 1.82) is 0 Å². The highest BCUT2D eigenvalue weighted by Crippen LogP contribution is 2.44. The van der Waals surface area contributed by atoms with Crippen molar-refractivity contribution in [3.63, 3.8) is 0 Å². The molecule has 0 bridgehead atoms. The summed E-state index contributed by atoms with van der Waals surface area (Å²) in [6.45, 7) is 6.40. The molecule has 0 radical (unpaired) electrons. The summed E-state index contributed by atoms with van der Waals surface area (Å²) in [5.74, 6) is -2.94. The van der Waals surface area contributed by atoms with Crippen LogP contribution in [0.3, 0.4) is 0 Å². The van der Waals surface area contributed by atoms with Crippen molar-refractivity contribution in [3.8, 4) is 5.75 Å². The van der Waals surface area contributed by atoms with E-state index in [-0.39, 0.29) is 61.1 Å². The number of ether oxygens (including phenoxy) is 3. The molecule has 0 saturated heterocycles. The van der Waals surface area contributed by atoms with Gasteiger partial charge in [-0.05, 0) is 46.1 Å². The Labute approximate surface area is 190 Å². The molecule has 7 nitrogen and oxygen atoms in total. The Bertz CT molecular complexity index is 968. The number of rotatable bonds is 9. The molecule has 0 saturated carbocycles. The van der Waals surface area contributed by atoms with Crippen molar-refractivity contribution in [2.45, 2.75) is 59.7 Å². The highest BCUT2D eigenvalue weighted by molar-refractivity contribution is 6.08. The number of halogens is 3. The predicted octanol–water partition coefficient (Wildman–Crippen LogP) is 4.42. The van der Waals surface area contributed by atoms with E-state index in [4.69, 9.17) is 14.2 Å². The first-order valence-electron chi connectivity index (χ1n) is 10.6. The Kier molecular flexibility index (Phi) is 8.51. The van der Waals surface area contributed by atoms with Gasteiger partial charge in [-0.3, -0.25) is 9.59 Å². The summed E-state index contributed by atoms with van der Waals surface area (Å²) in [5.41, 5.74) is 1.80. The minimum Gasteiger partial charge on any atom is -0.496 e. The van der Waals surface area contributed by atoms with Crippen LogP contribution in [0.5, 0.6) is 5.75 Å². The zero-order valence-electron chi connectivity index (χ0n) is 19.4. The molecule has 1 heterocycles. The largest absolute Gasteiger partial charge is 0.496 e. The normalized spacial score (nSPS) is 13.5. The molecular formula is C23H28F3NO6. The molecule has 0 unspecified atom stereocenters. The second kappa shape index (κ2) is 10.7. The average Bonchev–Trinajstić information content (AvgIpc) is 3.14. The first-order valence-corrected chi connectivity index (χ1v) is 10.6. The van der Waals surface area contributed by atoms with E-state index >= 15 is 0 Å². The lowest BCUT2D eigenvalue weighted by Gasteiger charge is -2.28. The number of amides is 1. The zero-order valence-corrected chi connectivity index (χ0v) is 19.4. The molecule has 1 aliphatic rings. The first-order chi connectivity index (χ1) is 15.5. The van der Waals surface area contributed by atoms with E-state index in [2.05, 4.69) is 0 Å². The molecule has 10 heteroatoms. The van der Waals surface area contributed by atoms with Crippen LogP contribution < -0.4 is 9.64 Å². The maximum atomic E-state index is 13.4. The summed E-state index contributed by atoms with van der Waals surface area (Å²) in [4.78, 5) is 36.9. The Morgan fingerprint density at radius 1 is 1.21 bits per heavy atom. The number of fused-ring (bicyclic) bond motifs is 1. The van der Waals surface area contributed by atoms with Crippen molar-refractivity contribution >= 4 is 23.5 Å². The summed E-state index contributed by atoms with van der Waals surface area (Å²) in [6.07, 6.45) is -2.77. The molecule has 2 rings (SSSR count). The van der Waals surface area contributed by atoms with E-state index in [9.17, 15) is 27.6 Å². The van der Waals surface area contributed by atoms with Gasteiger partial charge in [0.1, 0.15) is 12.4 Å². The number of anilines is 1. The van der Waals surface area contributed by atoms with Gasteiger partial charge in [0.25, 0.3) is 0 Å². The molecule has 1 amide bonds. The van der Waals surface area contributed by atoms with Gasteiger partial charge in [-0.2, -0.15) is 13.2 Å². The molecule has 0 aliphatic carbocycles. The number of carbonyl (C=O) groups is 3. The third-order valence-corrected chi connectivity index (χ3v) is 5.40. The van der Waals surface area contributed by atoms with E-state index in [0.717, 1.165) is 5.57 Å². The molecule has 33 heavy (non-hydrogen) atoms. The SMILES string of the molecule is CCOC(=O)CC/C(C)=C/Cc1c(OC)c(C)c2c(c1N(CC)C(=O)C(F)(F)F)C(=O)OC2. The van der Waals surface area contributed by atoms with Gasteiger partial charge in [0.05, 0.1) is 25.0 Å². The van der Waals surface area contributed by atoms with Crippen LogP contribution in [0.1, 0.15) is 60.7 Å². The standard InChI is InChI=1S/C23H28F3NO6/c1-6-27(22(30)23(24,25)26)19-15(10-8-13(3)9-11-17(28)32-7-2)20(31-5)14(4)16-12-33-21(29)18(16)19/h8H,6-7,9-12H2,1-5H3/b13-8+. The van der Waals surface area contributed by atoms with Gasteiger partial charge >= 0.3 is 24.0 Å². The van der Waals surface area contributed by atoms with Gasteiger partial charge in [-0.1, -0.05) is 11.6 Å². The van der Waals surface area contributed by atoms with E-state index in [0.29, 0.717) is 22.4 Å². The maximum Gasteiger partial charge on any atom is 0.471 e. The molecular weight excluding hydrogens is 443 g/mol. The topological polar surface area (TPSA) is 82.1 Å². The van der Waals surface area contributed by atoms with Crippen molar-refractivity contribution in [2.24, 2.45) is 0 Å². The van der Waals surface area contributed by atoms with Crippen LogP contribution in [-0.2, 0) is 32.1 Å². The first kappa shape index (κ1) is 26.2. The third-order valence-electron chi connectivity index (χ3n) is 5.40. The molecule has 1 aromatic rings. The minimum absolute atomic E-state index is 0.0553. The monoisotopic (exact) mass is 471 g/mol. The van der Waals surface area contributed by atoms with Crippen molar-refractivity contribution < 1.29 is 41.8 Å². The number of esters is 2. The fraction of sp³-hybridized carbons (Fsp3) is 0.522. The van der Waals surface area contributed by atoms with E-state index < -0.39 is 18.1 Å². The van der Waals surface area contributed by atoms with Gasteiger partial charge < -0.3 is 19.1 Å². The van der Waals surface area contributed by atoms with Gasteiger partial charge in [-0.15, -0.1) is 0 Å². The highest BCUT2D eigenvalue weighted by Gasteiger charge is 2.45. The Balaban J connectivity index is 2.61. The molecule has 0 N–H and O–H groups in total. The number of cyclic esters (lactones) is 1. The maximum absolute atomic E-state index is 13.4. The number of allylic oxidation sites excluding steroid dienone is 2. The van der Waals surface area contributed by atoms with Crippen LogP contribution in [-0.4, -0.2) is 44.3 Å². The number of methoxy groups -OCH3 is 1. The summed E-state index contributed by atoms with van der Waals surface area (Å²) >= 11 is 0. The van der Waals surface area contributed by atoms with Gasteiger partial charge in [0, 0.05) is 24.1 Å². The molecule has 0 atom stereocenters. The third kappa shape index (κ3) is 5.66. The second-order valence-corrected chi connectivity index (χ2v) is 7.52. The molecule has 1 aliphatic heterocycles. The van der Waals surface area contributed by atoms with Crippen LogP contribution >= 0.6 is 0 Å². The van der Waals surface area contributed by atoms with E-state index in [1.165, 1.54) is 14.0 Å². The predicted molar refractivity (Wildman–Crippen MR) is 114 cm³/mol. The smallest absolute Gasteiger partial charge is 0.471 e. The highest BCUT2D eigenvalue weighted by atomic mass is 19.4. The van der Waals surface area contributed by atoms with Crippen LogP contribution in [0.15, 0.2) is 11.6 Å². The van der Waals surface area contributed by atoms with Crippen molar-refractivity contribution in [2.75, 3.05) is 25.2 Å². The molecule has 1 aromatic carbocycles. The Morgan fingerprint density at radius 3 is 2.42 bits per heavy atom. The Morgan fingerprint density at radius 2 is 1.88 bits per heavy atom. The summed E-state index contributed by atoms with van der Waals surface area (Å²) in [5, 5.41) is 0. The lowest BCUT2D eigenvalue weighted by atomic mass is 9.92. The lowest BCUT2D eigenvalue weighted by Crippen LogP contribution is -2.42. The lowest BCUT2D eigenvalue weighted by molar-refractivity contribution is -0.170. The minimum atomic E-state index is -5.13. The van der Waals surface area contributed by atoms with Gasteiger partial charge in [-0.25, -0.2) is 4.79 Å². The van der Waals surface area contributed by atoms with Crippen LogP contribution in [0, 0.1) is 6.92 Å². The zero-order chi connectivity index (χ0) is 24.9. The molecule has 0 fully saturated rings. The fourth-order valence-corrected chi connectivity index (χ4v) is 3.79. The fourth-order valence-electron chi connectivity index (χ4n) is 3.79. The van der Waals surface area contributed by atoms with Crippen LogP contribution in [0.2, 0.25) is 0 Å². The summed E-state index contributed by atoms with van der Waals surface area (Å²) < 4.78 is 55.6. The number of nitrogens with zero attached hydrogens (tertiary/aromatic N) is 1. The van der Waals surface area contributed by atoms with E-state index in [1.54, 1.807) is 26.8 Å². The van der Waals surface area contributed by atoms with Crippen LogP contribution in [0.25, 0.3) is 0 Å². The average molecular weight is 471 g/mol. The Hall–Kier alpha value is -3.04. The molecule has 182 valence electrons. The summed E-state index contributed by atoms with van der Waals surface area (Å²) in [7, 11) is 1.37. The van der Waals surface area contributed by atoms with Crippen molar-refractivity contribution in [1.82, 2.24) is 0 Å². The van der Waals surface area contributed by atoms with Crippen LogP contribution in [0.4, 0.5) is 18.9 Å². The van der Waals surface area contributed by atoms with Crippen molar-refractivity contribution in [3.05, 3.63) is 33.9 Å². The van der Waals surface area contributed by atoms with E-state index in [1.807, 2.05) is 0 Å². The number of carbonyl (C=O) groups excluding carboxylic acids is 3. The van der Waals surface area contributed by atoms with Gasteiger partial charge in [0.2, 0.25) is 0 Å². The second-order valence-electron chi connectivity index (χ2n) is 7.52. The quantitative estimate of drug-likeness (QED) is 0.392. The molecule has 0 aromatic heterocycles. The van der Waals surface area contributed by atoms with Gasteiger partial charge in [0.15, 0.2) is 0 Å². The summed E-state index contributed by atoms with van der Waals surface area (Å²) in [6, 6.07) is 0. The molecule has 0 spiro atoms. The number of hydrogen-bond acceptors (Lipinski definition) is 6. The number of alkyl halides is 3. The number of hydrogen-bond donors (Lipinski definition) is 0. The number of benzene rings is 1.